The lowest BCUT2D eigenvalue weighted by Crippen LogP contribution is -2.19. The third-order valence-corrected chi connectivity index (χ3v) is 3.60. The molecule has 106 valence electrons. The lowest BCUT2D eigenvalue weighted by molar-refractivity contribution is 0.960. The Kier molecular flexibility index (Phi) is 4.15. The van der Waals surface area contributed by atoms with Crippen molar-refractivity contribution in [1.29, 1.82) is 0 Å². The molecule has 0 atom stereocenters. The summed E-state index contributed by atoms with van der Waals surface area (Å²) in [6.45, 7) is 3.98. The first kappa shape index (κ1) is 13.6. The monoisotopic (exact) mass is 276 g/mol. The number of aliphatic imine (C=N–C) groups is 1. The summed E-state index contributed by atoms with van der Waals surface area (Å²) in [6.07, 6.45) is 5.43. The molecule has 3 rings (SSSR count). The number of amidine groups is 1. The van der Waals surface area contributed by atoms with Crippen molar-refractivity contribution >= 4 is 11.9 Å². The normalized spacial score (nSPS) is 14.2. The van der Waals surface area contributed by atoms with E-state index in [0.717, 1.165) is 25.3 Å². The fourth-order valence-corrected chi connectivity index (χ4v) is 2.49. The smallest absolute Gasteiger partial charge is 0.128 e. The van der Waals surface area contributed by atoms with Crippen molar-refractivity contribution in [2.75, 3.05) is 13.1 Å². The first-order valence-electron chi connectivity index (χ1n) is 7.52. The van der Waals surface area contributed by atoms with E-state index in [9.17, 15) is 0 Å². The van der Waals surface area contributed by atoms with Crippen LogP contribution in [0.3, 0.4) is 0 Å². The number of hydrogen-bond donors (Lipinski definition) is 1. The lowest BCUT2D eigenvalue weighted by Gasteiger charge is -2.06. The molecule has 0 saturated carbocycles. The average molecular weight is 276 g/mol. The van der Waals surface area contributed by atoms with E-state index in [2.05, 4.69) is 77.9 Å². The molecule has 0 fully saturated rings. The topological polar surface area (TPSA) is 24.4 Å². The van der Waals surface area contributed by atoms with Crippen LogP contribution in [0.4, 0.5) is 0 Å². The molecule has 1 aliphatic rings. The molecule has 0 aromatic heterocycles. The predicted octanol–water partition coefficient (Wildman–Crippen LogP) is 4.13. The standard InChI is InChI=1S/C19H20N2/c1-2-3-5-15-6-4-7-18(14-15)16-8-10-17(11-9-16)19-20-12-13-21-19/h3-11,14H,2,12-13H2,1H3,(H,20,21)/b5-3+. The molecular formula is C19H20N2. The number of nitrogens with one attached hydrogen (secondary N) is 1. The molecule has 0 saturated heterocycles. The van der Waals surface area contributed by atoms with Crippen LogP contribution in [0.1, 0.15) is 24.5 Å². The predicted molar refractivity (Wildman–Crippen MR) is 90.6 cm³/mol. The van der Waals surface area contributed by atoms with E-state index >= 15 is 0 Å². The van der Waals surface area contributed by atoms with E-state index < -0.39 is 0 Å². The Balaban J connectivity index is 1.85. The molecule has 2 aromatic carbocycles. The number of nitrogens with zero attached hydrogens (tertiary/aromatic N) is 1. The van der Waals surface area contributed by atoms with Crippen LogP contribution in [0, 0.1) is 0 Å². The van der Waals surface area contributed by atoms with Gasteiger partial charge in [0, 0.05) is 12.1 Å². The lowest BCUT2D eigenvalue weighted by atomic mass is 10.0. The van der Waals surface area contributed by atoms with Crippen LogP contribution in [0.25, 0.3) is 17.2 Å². The highest BCUT2D eigenvalue weighted by Gasteiger charge is 2.07. The van der Waals surface area contributed by atoms with Crippen molar-refractivity contribution < 1.29 is 0 Å². The average Bonchev–Trinajstić information content (AvgIpc) is 3.08. The molecule has 0 unspecified atom stereocenters. The van der Waals surface area contributed by atoms with Gasteiger partial charge in [-0.15, -0.1) is 0 Å². The van der Waals surface area contributed by atoms with Crippen molar-refractivity contribution in [3.8, 4) is 11.1 Å². The summed E-state index contributed by atoms with van der Waals surface area (Å²) in [4.78, 5) is 4.45. The minimum absolute atomic E-state index is 0.878. The molecule has 0 bridgehead atoms. The second-order valence-corrected chi connectivity index (χ2v) is 5.17. The van der Waals surface area contributed by atoms with Crippen LogP contribution >= 0.6 is 0 Å². The van der Waals surface area contributed by atoms with Gasteiger partial charge in [-0.25, -0.2) is 0 Å². The summed E-state index contributed by atoms with van der Waals surface area (Å²) in [6, 6.07) is 17.3. The molecule has 0 aliphatic carbocycles. The van der Waals surface area contributed by atoms with Gasteiger partial charge in [0.05, 0.1) is 6.54 Å². The number of allylic oxidation sites excluding steroid dienone is 1. The summed E-state index contributed by atoms with van der Waals surface area (Å²) < 4.78 is 0. The van der Waals surface area contributed by atoms with Gasteiger partial charge in [0.25, 0.3) is 0 Å². The second-order valence-electron chi connectivity index (χ2n) is 5.17. The van der Waals surface area contributed by atoms with E-state index in [4.69, 9.17) is 0 Å². The first-order chi connectivity index (χ1) is 10.4. The minimum atomic E-state index is 0.878. The highest BCUT2D eigenvalue weighted by Crippen LogP contribution is 2.22. The molecule has 21 heavy (non-hydrogen) atoms. The Bertz CT molecular complexity index is 666. The molecule has 1 aliphatic heterocycles. The molecule has 1 heterocycles. The van der Waals surface area contributed by atoms with Gasteiger partial charge in [0.2, 0.25) is 0 Å². The quantitative estimate of drug-likeness (QED) is 0.892. The van der Waals surface area contributed by atoms with Gasteiger partial charge < -0.3 is 5.32 Å². The molecule has 0 amide bonds. The summed E-state index contributed by atoms with van der Waals surface area (Å²) >= 11 is 0. The van der Waals surface area contributed by atoms with Gasteiger partial charge >= 0.3 is 0 Å². The molecule has 0 radical (unpaired) electrons. The molecule has 0 spiro atoms. The van der Waals surface area contributed by atoms with Crippen LogP contribution in [-0.4, -0.2) is 18.9 Å². The van der Waals surface area contributed by atoms with E-state index in [1.807, 2.05) is 0 Å². The van der Waals surface area contributed by atoms with Gasteiger partial charge in [-0.05, 0) is 29.2 Å². The zero-order valence-corrected chi connectivity index (χ0v) is 12.3. The van der Waals surface area contributed by atoms with Crippen molar-refractivity contribution in [2.45, 2.75) is 13.3 Å². The van der Waals surface area contributed by atoms with Crippen LogP contribution in [0.5, 0.6) is 0 Å². The van der Waals surface area contributed by atoms with Gasteiger partial charge in [-0.3, -0.25) is 4.99 Å². The Morgan fingerprint density at radius 1 is 1.05 bits per heavy atom. The maximum absolute atomic E-state index is 4.45. The van der Waals surface area contributed by atoms with Crippen LogP contribution < -0.4 is 5.32 Å². The van der Waals surface area contributed by atoms with Gasteiger partial charge in [-0.1, -0.05) is 61.5 Å². The maximum atomic E-state index is 4.45. The zero-order valence-electron chi connectivity index (χ0n) is 12.3. The van der Waals surface area contributed by atoms with Crippen LogP contribution in [-0.2, 0) is 0 Å². The molecule has 2 nitrogen and oxygen atoms in total. The van der Waals surface area contributed by atoms with E-state index in [0.29, 0.717) is 0 Å². The van der Waals surface area contributed by atoms with Gasteiger partial charge in [-0.2, -0.15) is 0 Å². The molecular weight excluding hydrogens is 256 g/mol. The first-order valence-corrected chi connectivity index (χ1v) is 7.52. The highest BCUT2D eigenvalue weighted by molar-refractivity contribution is 6.00. The Morgan fingerprint density at radius 2 is 1.86 bits per heavy atom. The largest absolute Gasteiger partial charge is 0.368 e. The third-order valence-electron chi connectivity index (χ3n) is 3.60. The Morgan fingerprint density at radius 3 is 2.57 bits per heavy atom. The SMILES string of the molecule is CC/C=C/c1cccc(-c2ccc(C3=NCCN3)cc2)c1. The van der Waals surface area contributed by atoms with E-state index in [1.165, 1.54) is 22.3 Å². The van der Waals surface area contributed by atoms with Crippen molar-refractivity contribution in [1.82, 2.24) is 5.32 Å². The van der Waals surface area contributed by atoms with Crippen LogP contribution in [0.15, 0.2) is 59.6 Å². The fraction of sp³-hybridized carbons (Fsp3) is 0.211. The summed E-state index contributed by atoms with van der Waals surface area (Å²) in [5, 5.41) is 3.31. The Labute approximate surface area is 126 Å². The number of rotatable bonds is 4. The molecule has 1 N–H and O–H groups in total. The van der Waals surface area contributed by atoms with Gasteiger partial charge in [0.15, 0.2) is 0 Å². The fourth-order valence-electron chi connectivity index (χ4n) is 2.49. The second kappa shape index (κ2) is 6.40. The van der Waals surface area contributed by atoms with Crippen molar-refractivity contribution in [2.24, 2.45) is 4.99 Å². The molecule has 2 heteroatoms. The summed E-state index contributed by atoms with van der Waals surface area (Å²) in [7, 11) is 0. The summed E-state index contributed by atoms with van der Waals surface area (Å²) in [5.41, 5.74) is 4.91. The van der Waals surface area contributed by atoms with E-state index in [-0.39, 0.29) is 0 Å². The van der Waals surface area contributed by atoms with Crippen molar-refractivity contribution in [3.05, 3.63) is 65.7 Å². The number of hydrogen-bond acceptors (Lipinski definition) is 2. The van der Waals surface area contributed by atoms with Gasteiger partial charge in [0.1, 0.15) is 5.84 Å². The highest BCUT2D eigenvalue weighted by atomic mass is 15.1. The summed E-state index contributed by atoms with van der Waals surface area (Å²) in [5.74, 6) is 1.01. The zero-order chi connectivity index (χ0) is 14.5. The minimum Gasteiger partial charge on any atom is -0.368 e. The molecule has 2 aromatic rings. The van der Waals surface area contributed by atoms with Crippen LogP contribution in [0.2, 0.25) is 0 Å². The van der Waals surface area contributed by atoms with E-state index in [1.54, 1.807) is 0 Å². The Hall–Kier alpha value is -2.35. The van der Waals surface area contributed by atoms with Crippen molar-refractivity contribution in [3.63, 3.8) is 0 Å². The third kappa shape index (κ3) is 3.22. The number of benzene rings is 2. The maximum Gasteiger partial charge on any atom is 0.128 e.